The Morgan fingerprint density at radius 1 is 1.22 bits per heavy atom. The fourth-order valence-electron chi connectivity index (χ4n) is 3.52. The first-order chi connectivity index (χ1) is 15.4. The summed E-state index contributed by atoms with van der Waals surface area (Å²) in [6, 6.07) is 4.01. The predicted octanol–water partition coefficient (Wildman–Crippen LogP) is 2.01. The largest absolute Gasteiger partial charge is 0.362 e. The minimum atomic E-state index is 0.472. The second-order valence-electron chi connectivity index (χ2n) is 8.22. The van der Waals surface area contributed by atoms with Crippen molar-refractivity contribution in [2.75, 3.05) is 43.4 Å². The molecule has 0 aromatic carbocycles. The highest BCUT2D eigenvalue weighted by atomic mass is 16.1. The van der Waals surface area contributed by atoms with Crippen LogP contribution in [0, 0.1) is 19.8 Å². The number of carbonyl (C=O) groups excluding carboxylic acids is 1. The molecule has 1 amide bonds. The molecule has 4 heterocycles. The summed E-state index contributed by atoms with van der Waals surface area (Å²) in [6.45, 7) is 12.9. The van der Waals surface area contributed by atoms with Crippen LogP contribution < -0.4 is 20.9 Å². The molecule has 3 N–H and O–H groups in total. The van der Waals surface area contributed by atoms with E-state index in [1.54, 1.807) is 7.05 Å². The van der Waals surface area contributed by atoms with Gasteiger partial charge in [-0.1, -0.05) is 13.8 Å². The van der Waals surface area contributed by atoms with E-state index in [0.29, 0.717) is 12.3 Å². The summed E-state index contributed by atoms with van der Waals surface area (Å²) in [4.78, 5) is 25.5. The third-order valence-corrected chi connectivity index (χ3v) is 4.96. The van der Waals surface area contributed by atoms with E-state index in [4.69, 9.17) is 19.9 Å². The van der Waals surface area contributed by atoms with Crippen molar-refractivity contribution in [2.24, 2.45) is 5.92 Å². The highest BCUT2D eigenvalue weighted by molar-refractivity contribution is 5.90. The number of hydrogen-bond acceptors (Lipinski definition) is 8. The van der Waals surface area contributed by atoms with Crippen LogP contribution in [0.15, 0.2) is 18.3 Å². The topological polar surface area (TPSA) is 113 Å². The zero-order valence-corrected chi connectivity index (χ0v) is 19.5. The first-order valence-corrected chi connectivity index (χ1v) is 10.9. The van der Waals surface area contributed by atoms with Crippen molar-refractivity contribution in [1.82, 2.24) is 35.4 Å². The van der Waals surface area contributed by atoms with E-state index < -0.39 is 0 Å². The van der Waals surface area contributed by atoms with Gasteiger partial charge >= 0.3 is 0 Å². The van der Waals surface area contributed by atoms with Crippen molar-refractivity contribution in [3.8, 4) is 0 Å². The molecule has 0 spiro atoms. The Bertz CT molecular complexity index is 1040. The lowest BCUT2D eigenvalue weighted by atomic mass is 10.2. The zero-order chi connectivity index (χ0) is 23.1. The molecule has 32 heavy (non-hydrogen) atoms. The van der Waals surface area contributed by atoms with E-state index in [0.717, 1.165) is 72.6 Å². The Hall–Kier alpha value is -3.27. The SMILES string of the molecule is CNC=O.Cc1ccnc(Nc2nc(N3CCNCC3)nc3c(C)nn(CC(C)C)c23)c1. The fourth-order valence-corrected chi connectivity index (χ4v) is 3.52. The van der Waals surface area contributed by atoms with Gasteiger partial charge in [-0.15, -0.1) is 0 Å². The molecule has 3 aromatic rings. The molecule has 1 aliphatic heterocycles. The number of hydrogen-bond donors (Lipinski definition) is 3. The second kappa shape index (κ2) is 10.9. The molecule has 0 unspecified atom stereocenters. The van der Waals surface area contributed by atoms with Crippen LogP contribution in [0.4, 0.5) is 17.6 Å². The van der Waals surface area contributed by atoms with Gasteiger partial charge in [0.25, 0.3) is 0 Å². The highest BCUT2D eigenvalue weighted by Gasteiger charge is 2.21. The monoisotopic (exact) mass is 439 g/mol. The number of aryl methyl sites for hydroxylation is 2. The number of anilines is 3. The number of nitrogens with one attached hydrogen (secondary N) is 3. The Kier molecular flexibility index (Phi) is 7.93. The fraction of sp³-hybridized carbons (Fsp3) is 0.500. The summed E-state index contributed by atoms with van der Waals surface area (Å²) in [5.41, 5.74) is 3.92. The maximum absolute atomic E-state index is 9.06. The first-order valence-electron chi connectivity index (χ1n) is 10.9. The normalized spacial score (nSPS) is 13.6. The van der Waals surface area contributed by atoms with Crippen LogP contribution >= 0.6 is 0 Å². The molecule has 1 saturated heterocycles. The van der Waals surface area contributed by atoms with Gasteiger partial charge in [-0.25, -0.2) is 9.97 Å². The zero-order valence-electron chi connectivity index (χ0n) is 19.5. The van der Waals surface area contributed by atoms with Gasteiger partial charge in [-0.2, -0.15) is 10.1 Å². The summed E-state index contributed by atoms with van der Waals surface area (Å²) in [5.74, 6) is 2.76. The van der Waals surface area contributed by atoms with E-state index in [1.165, 1.54) is 0 Å². The molecule has 0 bridgehead atoms. The minimum Gasteiger partial charge on any atom is -0.362 e. The van der Waals surface area contributed by atoms with Gasteiger partial charge < -0.3 is 20.9 Å². The van der Waals surface area contributed by atoms with Crippen LogP contribution in [0.2, 0.25) is 0 Å². The molecule has 0 aliphatic carbocycles. The molecular weight excluding hydrogens is 406 g/mol. The molecule has 0 radical (unpaired) electrons. The van der Waals surface area contributed by atoms with Crippen LogP contribution in [-0.4, -0.2) is 64.4 Å². The molecule has 4 rings (SSSR count). The average molecular weight is 440 g/mol. The van der Waals surface area contributed by atoms with Gasteiger partial charge in [-0.3, -0.25) is 9.48 Å². The number of piperazine rings is 1. The number of pyridine rings is 1. The predicted molar refractivity (Wildman–Crippen MR) is 127 cm³/mol. The Balaban J connectivity index is 0.000000668. The van der Waals surface area contributed by atoms with Gasteiger partial charge in [0.05, 0.1) is 5.69 Å². The molecule has 10 nitrogen and oxygen atoms in total. The number of fused-ring (bicyclic) bond motifs is 1. The van der Waals surface area contributed by atoms with E-state index in [-0.39, 0.29) is 0 Å². The van der Waals surface area contributed by atoms with E-state index in [2.05, 4.69) is 46.6 Å². The Morgan fingerprint density at radius 3 is 2.56 bits per heavy atom. The van der Waals surface area contributed by atoms with Gasteiger partial charge in [0.1, 0.15) is 16.9 Å². The maximum atomic E-state index is 9.06. The molecule has 172 valence electrons. The molecule has 10 heteroatoms. The minimum absolute atomic E-state index is 0.472. The number of rotatable bonds is 6. The van der Waals surface area contributed by atoms with Crippen molar-refractivity contribution < 1.29 is 4.79 Å². The number of amides is 1. The van der Waals surface area contributed by atoms with Crippen molar-refractivity contribution in [3.05, 3.63) is 29.6 Å². The second-order valence-corrected chi connectivity index (χ2v) is 8.22. The summed E-state index contributed by atoms with van der Waals surface area (Å²) in [5, 5.41) is 13.8. The van der Waals surface area contributed by atoms with E-state index in [1.807, 2.05) is 29.9 Å². The molecule has 0 saturated carbocycles. The van der Waals surface area contributed by atoms with E-state index >= 15 is 0 Å². The standard InChI is InChI=1S/C20H28N8.C2H5NO/c1-13(2)12-28-18-17(15(4)26-28)24-20(27-9-7-21-8-10-27)25-19(18)23-16-11-14(3)5-6-22-16;1-3-2-4/h5-6,11,13,21H,7-10,12H2,1-4H3,(H,22,23,24,25);2H,1H3,(H,3,4). The summed E-state index contributed by atoms with van der Waals surface area (Å²) in [6.07, 6.45) is 2.43. The van der Waals surface area contributed by atoms with Crippen LogP contribution in [0.3, 0.4) is 0 Å². The molecule has 3 aromatic heterocycles. The molecule has 0 atom stereocenters. The quantitative estimate of drug-likeness (QED) is 0.500. The highest BCUT2D eigenvalue weighted by Crippen LogP contribution is 2.29. The number of nitrogens with zero attached hydrogens (tertiary/aromatic N) is 6. The summed E-state index contributed by atoms with van der Waals surface area (Å²) in [7, 11) is 1.56. The van der Waals surface area contributed by atoms with Gasteiger partial charge in [-0.05, 0) is 37.5 Å². The summed E-state index contributed by atoms with van der Waals surface area (Å²) >= 11 is 0. The van der Waals surface area contributed by atoms with Crippen molar-refractivity contribution >= 4 is 35.0 Å². The molecule has 1 aliphatic rings. The third-order valence-electron chi connectivity index (χ3n) is 4.96. The third kappa shape index (κ3) is 5.70. The number of aromatic nitrogens is 5. The number of carbonyl (C=O) groups is 1. The van der Waals surface area contributed by atoms with Gasteiger partial charge in [0.2, 0.25) is 12.4 Å². The smallest absolute Gasteiger partial charge is 0.228 e. The van der Waals surface area contributed by atoms with Crippen molar-refractivity contribution in [3.63, 3.8) is 0 Å². The Labute approximate surface area is 188 Å². The van der Waals surface area contributed by atoms with Crippen LogP contribution in [-0.2, 0) is 11.3 Å². The van der Waals surface area contributed by atoms with Crippen molar-refractivity contribution in [1.29, 1.82) is 0 Å². The van der Waals surface area contributed by atoms with Crippen LogP contribution in [0.25, 0.3) is 11.0 Å². The van der Waals surface area contributed by atoms with Crippen LogP contribution in [0.1, 0.15) is 25.1 Å². The van der Waals surface area contributed by atoms with Crippen molar-refractivity contribution in [2.45, 2.75) is 34.2 Å². The first kappa shape index (κ1) is 23.4. The molecule has 1 fully saturated rings. The lowest BCUT2D eigenvalue weighted by Crippen LogP contribution is -2.44. The lowest BCUT2D eigenvalue weighted by molar-refractivity contribution is -0.109. The van der Waals surface area contributed by atoms with Gasteiger partial charge in [0.15, 0.2) is 5.82 Å². The van der Waals surface area contributed by atoms with E-state index in [9.17, 15) is 0 Å². The Morgan fingerprint density at radius 2 is 1.94 bits per heavy atom. The maximum Gasteiger partial charge on any atom is 0.228 e. The molecular formula is C22H33N9O. The van der Waals surface area contributed by atoms with Gasteiger partial charge in [0, 0.05) is 46.0 Å². The van der Waals surface area contributed by atoms with Crippen LogP contribution in [0.5, 0.6) is 0 Å². The summed E-state index contributed by atoms with van der Waals surface area (Å²) < 4.78 is 2.02. The average Bonchev–Trinajstić information content (AvgIpc) is 3.09. The lowest BCUT2D eigenvalue weighted by Gasteiger charge is -2.27.